The monoisotopic (exact) mass is 221 g/mol. The SMILES string of the molecule is CCCCCOc1ccccc1CCCN. The van der Waals surface area contributed by atoms with Gasteiger partial charge in [-0.05, 0) is 37.4 Å². The molecule has 2 nitrogen and oxygen atoms in total. The summed E-state index contributed by atoms with van der Waals surface area (Å²) in [6.07, 6.45) is 5.65. The Kier molecular flexibility index (Phi) is 6.66. The third-order valence-corrected chi connectivity index (χ3v) is 2.63. The summed E-state index contributed by atoms with van der Waals surface area (Å²) in [5.41, 5.74) is 6.81. The third kappa shape index (κ3) is 4.67. The molecule has 1 aromatic rings. The van der Waals surface area contributed by atoms with E-state index in [0.717, 1.165) is 38.2 Å². The third-order valence-electron chi connectivity index (χ3n) is 2.63. The number of unbranched alkanes of at least 4 members (excludes halogenated alkanes) is 2. The summed E-state index contributed by atoms with van der Waals surface area (Å²) in [5.74, 6) is 1.03. The van der Waals surface area contributed by atoms with Gasteiger partial charge in [0.1, 0.15) is 5.75 Å². The average molecular weight is 221 g/mol. The van der Waals surface area contributed by atoms with E-state index in [-0.39, 0.29) is 0 Å². The highest BCUT2D eigenvalue weighted by molar-refractivity contribution is 5.33. The Bertz CT molecular complexity index is 286. The van der Waals surface area contributed by atoms with Crippen molar-refractivity contribution >= 4 is 0 Å². The fourth-order valence-electron chi connectivity index (χ4n) is 1.68. The van der Waals surface area contributed by atoms with Crippen LogP contribution < -0.4 is 10.5 Å². The Labute approximate surface area is 98.8 Å². The van der Waals surface area contributed by atoms with Crippen LogP contribution in [0.1, 0.15) is 38.2 Å². The molecule has 0 saturated carbocycles. The van der Waals surface area contributed by atoms with Crippen molar-refractivity contribution in [2.24, 2.45) is 5.73 Å². The quantitative estimate of drug-likeness (QED) is 0.684. The van der Waals surface area contributed by atoms with E-state index in [0.29, 0.717) is 0 Å². The summed E-state index contributed by atoms with van der Waals surface area (Å²) < 4.78 is 5.80. The molecule has 0 bridgehead atoms. The van der Waals surface area contributed by atoms with Crippen LogP contribution in [0.3, 0.4) is 0 Å². The van der Waals surface area contributed by atoms with Crippen LogP contribution in [-0.2, 0) is 6.42 Å². The summed E-state index contributed by atoms with van der Waals surface area (Å²) in [5, 5.41) is 0. The van der Waals surface area contributed by atoms with Crippen molar-refractivity contribution in [3.8, 4) is 5.75 Å². The van der Waals surface area contributed by atoms with Crippen LogP contribution in [0.15, 0.2) is 24.3 Å². The van der Waals surface area contributed by atoms with Gasteiger partial charge in [0.2, 0.25) is 0 Å². The van der Waals surface area contributed by atoms with Gasteiger partial charge in [0.25, 0.3) is 0 Å². The second kappa shape index (κ2) is 8.17. The number of ether oxygens (including phenoxy) is 1. The summed E-state index contributed by atoms with van der Waals surface area (Å²) in [7, 11) is 0. The first-order chi connectivity index (χ1) is 7.88. The van der Waals surface area contributed by atoms with E-state index >= 15 is 0 Å². The largest absolute Gasteiger partial charge is 0.493 e. The topological polar surface area (TPSA) is 35.2 Å². The fraction of sp³-hybridized carbons (Fsp3) is 0.571. The molecule has 0 atom stereocenters. The Morgan fingerprint density at radius 3 is 2.69 bits per heavy atom. The van der Waals surface area contributed by atoms with Gasteiger partial charge in [0.15, 0.2) is 0 Å². The van der Waals surface area contributed by atoms with Crippen LogP contribution in [-0.4, -0.2) is 13.2 Å². The van der Waals surface area contributed by atoms with E-state index in [1.165, 1.54) is 18.4 Å². The first-order valence-electron chi connectivity index (χ1n) is 6.29. The van der Waals surface area contributed by atoms with E-state index in [2.05, 4.69) is 25.1 Å². The van der Waals surface area contributed by atoms with E-state index < -0.39 is 0 Å². The molecule has 1 aromatic carbocycles. The Balaban J connectivity index is 2.43. The second-order valence-corrected chi connectivity index (χ2v) is 4.06. The maximum atomic E-state index is 5.80. The Morgan fingerprint density at radius 2 is 1.94 bits per heavy atom. The molecule has 16 heavy (non-hydrogen) atoms. The van der Waals surface area contributed by atoms with Crippen LogP contribution in [0.4, 0.5) is 0 Å². The molecule has 0 saturated heterocycles. The molecule has 0 amide bonds. The molecule has 0 radical (unpaired) electrons. The predicted octanol–water partition coefficient (Wildman–Crippen LogP) is 3.15. The van der Waals surface area contributed by atoms with Gasteiger partial charge in [-0.1, -0.05) is 38.0 Å². The molecule has 2 N–H and O–H groups in total. The first-order valence-corrected chi connectivity index (χ1v) is 6.29. The van der Waals surface area contributed by atoms with Crippen LogP contribution >= 0.6 is 0 Å². The van der Waals surface area contributed by atoms with Crippen LogP contribution in [0, 0.1) is 0 Å². The number of hydrogen-bond donors (Lipinski definition) is 1. The normalized spacial score (nSPS) is 10.4. The number of rotatable bonds is 8. The minimum absolute atomic E-state index is 0.740. The molecular formula is C14H23NO. The molecule has 1 rings (SSSR count). The molecule has 90 valence electrons. The van der Waals surface area contributed by atoms with Crippen molar-refractivity contribution in [2.75, 3.05) is 13.2 Å². The Morgan fingerprint density at radius 1 is 1.12 bits per heavy atom. The van der Waals surface area contributed by atoms with Gasteiger partial charge in [-0.3, -0.25) is 0 Å². The molecule has 0 unspecified atom stereocenters. The van der Waals surface area contributed by atoms with Crippen molar-refractivity contribution in [2.45, 2.75) is 39.0 Å². The zero-order chi connectivity index (χ0) is 11.6. The highest BCUT2D eigenvalue weighted by Crippen LogP contribution is 2.19. The number of aryl methyl sites for hydroxylation is 1. The molecule has 0 aliphatic heterocycles. The highest BCUT2D eigenvalue weighted by atomic mass is 16.5. The molecule has 0 aliphatic rings. The van der Waals surface area contributed by atoms with E-state index in [1.54, 1.807) is 0 Å². The number of nitrogens with two attached hydrogens (primary N) is 1. The van der Waals surface area contributed by atoms with Gasteiger partial charge in [-0.15, -0.1) is 0 Å². The lowest BCUT2D eigenvalue weighted by Gasteiger charge is -2.10. The summed E-state index contributed by atoms with van der Waals surface area (Å²) >= 11 is 0. The molecule has 0 fully saturated rings. The summed E-state index contributed by atoms with van der Waals surface area (Å²) in [4.78, 5) is 0. The van der Waals surface area contributed by atoms with E-state index in [9.17, 15) is 0 Å². The van der Waals surface area contributed by atoms with E-state index in [4.69, 9.17) is 10.5 Å². The summed E-state index contributed by atoms with van der Waals surface area (Å²) in [6, 6.07) is 8.27. The van der Waals surface area contributed by atoms with Crippen molar-refractivity contribution in [3.63, 3.8) is 0 Å². The van der Waals surface area contributed by atoms with Gasteiger partial charge >= 0.3 is 0 Å². The van der Waals surface area contributed by atoms with E-state index in [1.807, 2.05) is 6.07 Å². The highest BCUT2D eigenvalue weighted by Gasteiger charge is 2.01. The number of hydrogen-bond acceptors (Lipinski definition) is 2. The van der Waals surface area contributed by atoms with Crippen molar-refractivity contribution < 1.29 is 4.74 Å². The van der Waals surface area contributed by atoms with Gasteiger partial charge in [0, 0.05) is 0 Å². The van der Waals surface area contributed by atoms with Crippen molar-refractivity contribution in [1.29, 1.82) is 0 Å². The van der Waals surface area contributed by atoms with Crippen molar-refractivity contribution in [1.82, 2.24) is 0 Å². The maximum Gasteiger partial charge on any atom is 0.122 e. The van der Waals surface area contributed by atoms with Crippen LogP contribution in [0.5, 0.6) is 5.75 Å². The molecule has 0 heterocycles. The predicted molar refractivity (Wildman–Crippen MR) is 68.8 cm³/mol. The first kappa shape index (κ1) is 13.0. The minimum atomic E-state index is 0.740. The lowest BCUT2D eigenvalue weighted by atomic mass is 10.1. The van der Waals surface area contributed by atoms with Crippen LogP contribution in [0.2, 0.25) is 0 Å². The maximum absolute atomic E-state index is 5.80. The molecule has 0 spiro atoms. The van der Waals surface area contributed by atoms with Gasteiger partial charge in [0.05, 0.1) is 6.61 Å². The van der Waals surface area contributed by atoms with Crippen molar-refractivity contribution in [3.05, 3.63) is 29.8 Å². The smallest absolute Gasteiger partial charge is 0.122 e. The van der Waals surface area contributed by atoms with Gasteiger partial charge in [-0.25, -0.2) is 0 Å². The lowest BCUT2D eigenvalue weighted by molar-refractivity contribution is 0.303. The zero-order valence-electron chi connectivity index (χ0n) is 10.2. The fourth-order valence-corrected chi connectivity index (χ4v) is 1.68. The number of para-hydroxylation sites is 1. The zero-order valence-corrected chi connectivity index (χ0v) is 10.2. The molecular weight excluding hydrogens is 198 g/mol. The van der Waals surface area contributed by atoms with Gasteiger partial charge < -0.3 is 10.5 Å². The Hall–Kier alpha value is -1.02. The average Bonchev–Trinajstić information content (AvgIpc) is 2.33. The summed E-state index contributed by atoms with van der Waals surface area (Å²) in [6.45, 7) is 3.77. The second-order valence-electron chi connectivity index (χ2n) is 4.06. The minimum Gasteiger partial charge on any atom is -0.493 e. The molecule has 0 aliphatic carbocycles. The van der Waals surface area contributed by atoms with Crippen LogP contribution in [0.25, 0.3) is 0 Å². The lowest BCUT2D eigenvalue weighted by Crippen LogP contribution is -2.03. The molecule has 2 heteroatoms. The van der Waals surface area contributed by atoms with Gasteiger partial charge in [-0.2, -0.15) is 0 Å². The number of benzene rings is 1. The molecule has 0 aromatic heterocycles. The standard InChI is InChI=1S/C14H23NO/c1-2-3-6-12-16-14-10-5-4-8-13(14)9-7-11-15/h4-5,8,10H,2-3,6-7,9,11-12,15H2,1H3.